The van der Waals surface area contributed by atoms with E-state index in [1.165, 1.54) is 4.90 Å². The van der Waals surface area contributed by atoms with Gasteiger partial charge in [-0.25, -0.2) is 0 Å². The van der Waals surface area contributed by atoms with Crippen LogP contribution in [-0.2, 0) is 12.4 Å². The molecule has 1 N–H and O–H groups in total. The third-order valence-electron chi connectivity index (χ3n) is 5.16. The van der Waals surface area contributed by atoms with E-state index in [2.05, 4.69) is 5.32 Å². The third kappa shape index (κ3) is 5.60. The van der Waals surface area contributed by atoms with Crippen molar-refractivity contribution in [3.63, 3.8) is 0 Å². The predicted octanol–water partition coefficient (Wildman–Crippen LogP) is 5.07. The third-order valence-corrected chi connectivity index (χ3v) is 5.16. The van der Waals surface area contributed by atoms with Crippen molar-refractivity contribution in [1.82, 2.24) is 10.2 Å². The van der Waals surface area contributed by atoms with Gasteiger partial charge in [0.2, 0.25) is 0 Å². The molecule has 0 aliphatic carbocycles. The summed E-state index contributed by atoms with van der Waals surface area (Å²) >= 11 is 0. The molecule has 0 spiro atoms. The van der Waals surface area contributed by atoms with Crippen LogP contribution in [0.1, 0.15) is 50.2 Å². The van der Waals surface area contributed by atoms with Crippen molar-refractivity contribution in [2.45, 2.75) is 38.2 Å². The molecule has 0 radical (unpaired) electrons. The number of carbonyl (C=O) groups is 2. The van der Waals surface area contributed by atoms with E-state index in [9.17, 15) is 35.9 Å². The Hall–Kier alpha value is -3.04. The molecule has 2 aromatic carbocycles. The van der Waals surface area contributed by atoms with Crippen LogP contribution in [0.25, 0.3) is 0 Å². The standard InChI is InChI=1S/C22H20F6N2O2/c1-13-4-2-5-14(8-13)20(32)30-7-3-6-18(12-30)29-19(31)15-9-16(21(23,24)25)11-17(10-15)22(26,27)28/h2,4-5,8-11,18H,3,6-7,12H2,1H3,(H,29,31). The number of hydrogen-bond acceptors (Lipinski definition) is 2. The minimum Gasteiger partial charge on any atom is -0.348 e. The summed E-state index contributed by atoms with van der Waals surface area (Å²) in [5.74, 6) is -1.32. The molecule has 0 saturated carbocycles. The highest BCUT2D eigenvalue weighted by atomic mass is 19.4. The van der Waals surface area contributed by atoms with Gasteiger partial charge in [-0.3, -0.25) is 9.59 Å². The normalized spacial score (nSPS) is 17.2. The van der Waals surface area contributed by atoms with Crippen LogP contribution < -0.4 is 5.32 Å². The van der Waals surface area contributed by atoms with Crippen molar-refractivity contribution in [3.05, 3.63) is 70.3 Å². The zero-order valence-electron chi connectivity index (χ0n) is 17.0. The number of piperidine rings is 1. The summed E-state index contributed by atoms with van der Waals surface area (Å²) in [4.78, 5) is 26.8. The molecular weight excluding hydrogens is 438 g/mol. The van der Waals surface area contributed by atoms with Gasteiger partial charge in [0, 0.05) is 30.3 Å². The van der Waals surface area contributed by atoms with Gasteiger partial charge < -0.3 is 10.2 Å². The largest absolute Gasteiger partial charge is 0.416 e. The van der Waals surface area contributed by atoms with Gasteiger partial charge in [-0.05, 0) is 50.1 Å². The highest BCUT2D eigenvalue weighted by Gasteiger charge is 2.37. The number of amides is 2. The summed E-state index contributed by atoms with van der Waals surface area (Å²) in [6, 6.07) is 7.09. The Morgan fingerprint density at radius 1 is 0.938 bits per heavy atom. The van der Waals surface area contributed by atoms with Gasteiger partial charge >= 0.3 is 12.4 Å². The van der Waals surface area contributed by atoms with Crippen molar-refractivity contribution in [2.24, 2.45) is 0 Å². The summed E-state index contributed by atoms with van der Waals surface area (Å²) in [6.07, 6.45) is -9.12. The molecular formula is C22H20F6N2O2. The maximum absolute atomic E-state index is 13.0. The highest BCUT2D eigenvalue weighted by Crippen LogP contribution is 2.36. The molecule has 1 fully saturated rings. The Kier molecular flexibility index (Phi) is 6.52. The van der Waals surface area contributed by atoms with Crippen LogP contribution in [0, 0.1) is 6.92 Å². The van der Waals surface area contributed by atoms with Gasteiger partial charge in [0.25, 0.3) is 11.8 Å². The van der Waals surface area contributed by atoms with Crippen LogP contribution in [0.2, 0.25) is 0 Å². The lowest BCUT2D eigenvalue weighted by Gasteiger charge is -2.33. The molecule has 1 unspecified atom stereocenters. The lowest BCUT2D eigenvalue weighted by molar-refractivity contribution is -0.143. The van der Waals surface area contributed by atoms with Gasteiger partial charge in [-0.15, -0.1) is 0 Å². The van der Waals surface area contributed by atoms with Crippen LogP contribution in [0.3, 0.4) is 0 Å². The summed E-state index contributed by atoms with van der Waals surface area (Å²) in [6.45, 7) is 2.37. The minimum atomic E-state index is -5.04. The quantitative estimate of drug-likeness (QED) is 0.654. The fourth-order valence-corrected chi connectivity index (χ4v) is 3.59. The molecule has 4 nitrogen and oxygen atoms in total. The van der Waals surface area contributed by atoms with Crippen LogP contribution in [0.4, 0.5) is 26.3 Å². The zero-order valence-corrected chi connectivity index (χ0v) is 17.0. The minimum absolute atomic E-state index is 0.0281. The molecule has 0 aromatic heterocycles. The number of rotatable bonds is 3. The molecule has 2 amide bonds. The molecule has 1 atom stereocenters. The van der Waals surface area contributed by atoms with Crippen molar-refractivity contribution < 1.29 is 35.9 Å². The van der Waals surface area contributed by atoms with Gasteiger partial charge in [-0.1, -0.05) is 17.7 Å². The van der Waals surface area contributed by atoms with Crippen LogP contribution in [0.15, 0.2) is 42.5 Å². The molecule has 172 valence electrons. The number of hydrogen-bond donors (Lipinski definition) is 1. The number of likely N-dealkylation sites (tertiary alicyclic amines) is 1. The first-order valence-corrected chi connectivity index (χ1v) is 9.81. The number of nitrogens with one attached hydrogen (secondary N) is 1. The SMILES string of the molecule is Cc1cccc(C(=O)N2CCCC(NC(=O)c3cc(C(F)(F)F)cc(C(F)(F)F)c3)C2)c1. The van der Waals surface area contributed by atoms with E-state index in [1.807, 2.05) is 13.0 Å². The molecule has 10 heteroatoms. The molecule has 1 aliphatic rings. The molecule has 32 heavy (non-hydrogen) atoms. The lowest BCUT2D eigenvalue weighted by Crippen LogP contribution is -2.49. The van der Waals surface area contributed by atoms with Crippen LogP contribution in [-0.4, -0.2) is 35.8 Å². The van der Waals surface area contributed by atoms with Gasteiger partial charge in [0.1, 0.15) is 0 Å². The van der Waals surface area contributed by atoms with Crippen molar-refractivity contribution in [2.75, 3.05) is 13.1 Å². The van der Waals surface area contributed by atoms with E-state index in [0.29, 0.717) is 37.1 Å². The number of halogens is 6. The van der Waals surface area contributed by atoms with Crippen molar-refractivity contribution in [3.8, 4) is 0 Å². The summed E-state index contributed by atoms with van der Waals surface area (Å²) in [7, 11) is 0. The number of aryl methyl sites for hydroxylation is 1. The fourth-order valence-electron chi connectivity index (χ4n) is 3.59. The fraction of sp³-hybridized carbons (Fsp3) is 0.364. The molecule has 3 rings (SSSR count). The number of benzene rings is 2. The number of nitrogens with zero attached hydrogens (tertiary/aromatic N) is 1. The highest BCUT2D eigenvalue weighted by molar-refractivity contribution is 5.96. The molecule has 1 heterocycles. The summed E-state index contributed by atoms with van der Waals surface area (Å²) < 4.78 is 78.3. The van der Waals surface area contributed by atoms with Crippen molar-refractivity contribution in [1.29, 1.82) is 0 Å². The van der Waals surface area contributed by atoms with E-state index in [-0.39, 0.29) is 18.5 Å². The van der Waals surface area contributed by atoms with Gasteiger partial charge in [0.05, 0.1) is 11.1 Å². The van der Waals surface area contributed by atoms with Crippen molar-refractivity contribution >= 4 is 11.8 Å². The van der Waals surface area contributed by atoms with Gasteiger partial charge in [0.15, 0.2) is 0 Å². The Morgan fingerprint density at radius 3 is 2.12 bits per heavy atom. The van der Waals surface area contributed by atoms with E-state index < -0.39 is 41.0 Å². The first-order valence-electron chi connectivity index (χ1n) is 9.81. The lowest BCUT2D eigenvalue weighted by atomic mass is 10.0. The van der Waals surface area contributed by atoms with Crippen LogP contribution in [0.5, 0.6) is 0 Å². The Balaban J connectivity index is 1.77. The zero-order chi connectivity index (χ0) is 23.7. The predicted molar refractivity (Wildman–Crippen MR) is 104 cm³/mol. The molecule has 0 bridgehead atoms. The molecule has 2 aromatic rings. The molecule has 1 saturated heterocycles. The Morgan fingerprint density at radius 2 is 1.56 bits per heavy atom. The average molecular weight is 458 g/mol. The van der Waals surface area contributed by atoms with E-state index in [4.69, 9.17) is 0 Å². The maximum Gasteiger partial charge on any atom is 0.416 e. The average Bonchev–Trinajstić information content (AvgIpc) is 2.72. The smallest absolute Gasteiger partial charge is 0.348 e. The van der Waals surface area contributed by atoms with E-state index in [1.54, 1.807) is 18.2 Å². The second-order valence-electron chi connectivity index (χ2n) is 7.73. The summed E-state index contributed by atoms with van der Waals surface area (Å²) in [5, 5.41) is 2.47. The van der Waals surface area contributed by atoms with E-state index in [0.717, 1.165) is 5.56 Å². The maximum atomic E-state index is 13.0. The first kappa shape index (κ1) is 23.6. The Labute approximate surface area is 180 Å². The second kappa shape index (κ2) is 8.84. The molecule has 1 aliphatic heterocycles. The number of carbonyl (C=O) groups excluding carboxylic acids is 2. The second-order valence-corrected chi connectivity index (χ2v) is 7.73. The van der Waals surface area contributed by atoms with Crippen LogP contribution >= 0.6 is 0 Å². The van der Waals surface area contributed by atoms with Gasteiger partial charge in [-0.2, -0.15) is 26.3 Å². The first-order chi connectivity index (χ1) is 14.8. The topological polar surface area (TPSA) is 49.4 Å². The monoisotopic (exact) mass is 458 g/mol. The number of alkyl halides is 6. The summed E-state index contributed by atoms with van der Waals surface area (Å²) in [5.41, 5.74) is -2.50. The Bertz CT molecular complexity index is 984. The van der Waals surface area contributed by atoms with E-state index >= 15 is 0 Å².